The number of pyridine rings is 2. The van der Waals surface area contributed by atoms with Gasteiger partial charge in [0.05, 0.1) is 17.7 Å². The van der Waals surface area contributed by atoms with Gasteiger partial charge in [0.1, 0.15) is 11.6 Å². The summed E-state index contributed by atoms with van der Waals surface area (Å²) in [6.45, 7) is 1.90. The first-order valence-electron chi connectivity index (χ1n) is 14.8. The average molecular weight is 652 g/mol. The summed E-state index contributed by atoms with van der Waals surface area (Å²) in [5, 5.41) is 0. The Bertz CT molecular complexity index is 1640. The molecule has 1 atom stereocenters. The first-order chi connectivity index (χ1) is 21.7. The number of piperazine rings is 1. The van der Waals surface area contributed by atoms with E-state index in [-0.39, 0.29) is 31.4 Å². The molecule has 4 aromatic rings. The van der Waals surface area contributed by atoms with Gasteiger partial charge in [-0.3, -0.25) is 14.6 Å². The molecule has 12 heteroatoms. The number of piperidine rings is 1. The van der Waals surface area contributed by atoms with E-state index in [0.717, 1.165) is 35.4 Å². The average Bonchev–Trinajstić information content (AvgIpc) is 3.08. The minimum atomic E-state index is -4.74. The molecular formula is C34H33ClF3N5O3. The summed E-state index contributed by atoms with van der Waals surface area (Å²) in [5.41, 5.74) is -1.12. The van der Waals surface area contributed by atoms with E-state index >= 15 is 0 Å². The second kappa shape index (κ2) is 13.8. The molecule has 2 aliphatic rings. The summed E-state index contributed by atoms with van der Waals surface area (Å²) in [5.74, 6) is 0.118. The van der Waals surface area contributed by atoms with Crippen LogP contribution >= 0.6 is 12.4 Å². The van der Waals surface area contributed by atoms with E-state index in [2.05, 4.69) is 14.9 Å². The first-order valence-corrected chi connectivity index (χ1v) is 14.8. The lowest BCUT2D eigenvalue weighted by atomic mass is 9.89. The number of carbonyl (C=O) groups excluding carboxylic acids is 2. The predicted molar refractivity (Wildman–Crippen MR) is 170 cm³/mol. The van der Waals surface area contributed by atoms with Crippen LogP contribution in [-0.2, 0) is 11.0 Å². The number of hydrogen-bond acceptors (Lipinski definition) is 6. The number of nitrogens with zero attached hydrogens (tertiary/aromatic N) is 5. The van der Waals surface area contributed by atoms with E-state index in [0.29, 0.717) is 44.8 Å². The second-order valence-electron chi connectivity index (χ2n) is 11.2. The molecule has 0 aliphatic carbocycles. The van der Waals surface area contributed by atoms with Gasteiger partial charge in [0.15, 0.2) is 0 Å². The molecule has 2 aromatic carbocycles. The van der Waals surface area contributed by atoms with Gasteiger partial charge in [0.25, 0.3) is 11.8 Å². The Morgan fingerprint density at radius 3 is 2.15 bits per heavy atom. The molecule has 2 aliphatic heterocycles. The highest BCUT2D eigenvalue weighted by molar-refractivity contribution is 5.96. The number of hydrogen-bond donors (Lipinski definition) is 0. The third kappa shape index (κ3) is 6.94. The molecule has 6 rings (SSSR count). The van der Waals surface area contributed by atoms with Crippen molar-refractivity contribution >= 4 is 30.0 Å². The Morgan fingerprint density at radius 2 is 1.48 bits per heavy atom. The molecular weight excluding hydrogens is 619 g/mol. The molecule has 2 saturated heterocycles. The molecule has 46 heavy (non-hydrogen) atoms. The fraction of sp³-hybridized carbons (Fsp3) is 0.294. The Morgan fingerprint density at radius 1 is 0.783 bits per heavy atom. The highest BCUT2D eigenvalue weighted by atomic mass is 35.5. The van der Waals surface area contributed by atoms with Crippen molar-refractivity contribution in [1.29, 1.82) is 0 Å². The van der Waals surface area contributed by atoms with Crippen molar-refractivity contribution in [3.05, 3.63) is 109 Å². The van der Waals surface area contributed by atoms with Crippen LogP contribution in [0.4, 0.5) is 19.0 Å². The Hall–Kier alpha value is -4.64. The molecule has 0 radical (unpaired) electrons. The van der Waals surface area contributed by atoms with Crippen LogP contribution in [0.3, 0.4) is 0 Å². The van der Waals surface area contributed by atoms with Crippen LogP contribution in [0, 0.1) is 0 Å². The minimum absolute atomic E-state index is 0. The number of aromatic nitrogens is 2. The number of anilines is 1. The topological polar surface area (TPSA) is 78.9 Å². The van der Waals surface area contributed by atoms with Gasteiger partial charge in [-0.05, 0) is 54.3 Å². The lowest BCUT2D eigenvalue weighted by Crippen LogP contribution is -2.64. The summed E-state index contributed by atoms with van der Waals surface area (Å²) in [6.07, 6.45) is -0.399. The van der Waals surface area contributed by atoms with Crippen LogP contribution in [-0.4, -0.2) is 76.5 Å². The molecule has 0 bridgehead atoms. The van der Waals surface area contributed by atoms with E-state index in [1.807, 2.05) is 60.7 Å². The van der Waals surface area contributed by atoms with Crippen LogP contribution in [0.1, 0.15) is 28.8 Å². The van der Waals surface area contributed by atoms with Crippen LogP contribution < -0.4 is 9.64 Å². The van der Waals surface area contributed by atoms with Gasteiger partial charge in [-0.2, -0.15) is 13.2 Å². The molecule has 2 aromatic heterocycles. The molecule has 1 unspecified atom stereocenters. The van der Waals surface area contributed by atoms with Crippen LogP contribution in [0.25, 0.3) is 11.1 Å². The quantitative estimate of drug-likeness (QED) is 0.255. The third-order valence-electron chi connectivity index (χ3n) is 8.30. The van der Waals surface area contributed by atoms with Crippen LogP contribution in [0.15, 0.2) is 97.5 Å². The summed E-state index contributed by atoms with van der Waals surface area (Å²) in [6, 6.07) is 23.6. The SMILES string of the molecule is Cl.O=C(c1cnccc1C(F)(F)F)N1CCCC(Oc2ccc(-c3ccccc3)cc2)(C(=O)N2CCN(c3ccccn3)CC2)C1. The molecule has 4 heterocycles. The van der Waals surface area contributed by atoms with Gasteiger partial charge in [-0.15, -0.1) is 12.4 Å². The molecule has 240 valence electrons. The summed E-state index contributed by atoms with van der Waals surface area (Å²) in [7, 11) is 0. The Balaban J connectivity index is 0.00000417. The van der Waals surface area contributed by atoms with Crippen molar-refractivity contribution in [2.45, 2.75) is 24.6 Å². The first kappa shape index (κ1) is 32.7. The number of halogens is 4. The number of rotatable bonds is 6. The zero-order valence-corrected chi connectivity index (χ0v) is 25.7. The predicted octanol–water partition coefficient (Wildman–Crippen LogP) is 5.99. The van der Waals surface area contributed by atoms with Gasteiger partial charge >= 0.3 is 6.18 Å². The largest absolute Gasteiger partial charge is 0.476 e. The molecule has 2 fully saturated rings. The Labute approximate surface area is 271 Å². The fourth-order valence-electron chi connectivity index (χ4n) is 6.02. The number of benzene rings is 2. The summed E-state index contributed by atoms with van der Waals surface area (Å²) in [4.78, 5) is 41.3. The standard InChI is InChI=1S/C34H32F3N5O3.ClH/c35-34(36,37)29-14-17-38-23-28(29)31(43)42-18-6-15-33(24-42,45-27-12-10-26(11-13-27)25-7-2-1-3-8-25)32(44)41-21-19-40(20-22-41)30-9-4-5-16-39-30;/h1-5,7-14,16-17,23H,6,15,18-22,24H2;1H. The summed E-state index contributed by atoms with van der Waals surface area (Å²) >= 11 is 0. The van der Waals surface area contributed by atoms with Gasteiger partial charge in [-0.1, -0.05) is 48.5 Å². The zero-order valence-electron chi connectivity index (χ0n) is 24.9. The molecule has 2 amide bonds. The molecule has 8 nitrogen and oxygen atoms in total. The molecule has 0 spiro atoms. The van der Waals surface area contributed by atoms with Crippen molar-refractivity contribution in [2.75, 3.05) is 44.2 Å². The summed E-state index contributed by atoms with van der Waals surface area (Å²) < 4.78 is 47.9. The maximum Gasteiger partial charge on any atom is 0.417 e. The number of likely N-dealkylation sites (tertiary alicyclic amines) is 1. The Kier molecular flexibility index (Phi) is 9.81. The van der Waals surface area contributed by atoms with Crippen molar-refractivity contribution < 1.29 is 27.5 Å². The van der Waals surface area contributed by atoms with Crippen molar-refractivity contribution in [3.63, 3.8) is 0 Å². The van der Waals surface area contributed by atoms with E-state index in [9.17, 15) is 22.8 Å². The second-order valence-corrected chi connectivity index (χ2v) is 11.2. The van der Waals surface area contributed by atoms with Crippen LogP contribution in [0.5, 0.6) is 5.75 Å². The normalized spacial score (nSPS) is 18.5. The number of amides is 2. The monoisotopic (exact) mass is 651 g/mol. The minimum Gasteiger partial charge on any atom is -0.476 e. The highest BCUT2D eigenvalue weighted by Crippen LogP contribution is 2.35. The van der Waals surface area contributed by atoms with Crippen LogP contribution in [0.2, 0.25) is 0 Å². The van der Waals surface area contributed by atoms with Gasteiger partial charge < -0.3 is 19.4 Å². The molecule has 0 N–H and O–H groups in total. The van der Waals surface area contributed by atoms with E-state index in [4.69, 9.17) is 4.74 Å². The van der Waals surface area contributed by atoms with Crippen molar-refractivity contribution in [3.8, 4) is 16.9 Å². The lowest BCUT2D eigenvalue weighted by molar-refractivity contribution is -0.153. The van der Waals surface area contributed by atoms with Gasteiger partial charge in [0, 0.05) is 51.3 Å². The van der Waals surface area contributed by atoms with Gasteiger partial charge in [0.2, 0.25) is 5.60 Å². The van der Waals surface area contributed by atoms with Gasteiger partial charge in [-0.25, -0.2) is 4.98 Å². The van der Waals surface area contributed by atoms with Crippen molar-refractivity contribution in [1.82, 2.24) is 19.8 Å². The third-order valence-corrected chi connectivity index (χ3v) is 8.30. The van der Waals surface area contributed by atoms with E-state index in [1.165, 1.54) is 4.90 Å². The zero-order chi connectivity index (χ0) is 31.4. The van der Waals surface area contributed by atoms with E-state index < -0.39 is 28.8 Å². The lowest BCUT2D eigenvalue weighted by Gasteiger charge is -2.45. The number of alkyl halides is 3. The highest BCUT2D eigenvalue weighted by Gasteiger charge is 2.49. The van der Waals surface area contributed by atoms with E-state index in [1.54, 1.807) is 23.2 Å². The van der Waals surface area contributed by atoms with Crippen molar-refractivity contribution in [2.24, 2.45) is 0 Å². The smallest absolute Gasteiger partial charge is 0.417 e. The number of ether oxygens (including phenoxy) is 1. The maximum atomic E-state index is 14.4. The molecule has 0 saturated carbocycles. The maximum absolute atomic E-state index is 14.4. The number of carbonyl (C=O) groups is 2. The fourth-order valence-corrected chi connectivity index (χ4v) is 6.02.